The number of nitrogens with zero attached hydrogens (tertiary/aromatic N) is 1. The molecule has 0 bridgehead atoms. The normalized spacial score (nSPS) is 9.47. The van der Waals surface area contributed by atoms with Crippen molar-refractivity contribution < 1.29 is 9.53 Å². The van der Waals surface area contributed by atoms with Crippen LogP contribution in [0.5, 0.6) is 0 Å². The minimum Gasteiger partial charge on any atom is -0.450 e. The third-order valence-electron chi connectivity index (χ3n) is 2.11. The van der Waals surface area contributed by atoms with E-state index in [0.717, 1.165) is 11.3 Å². The maximum Gasteiger partial charge on any atom is 0.412 e. The number of hydrogen-bond donors (Lipinski definition) is 2. The summed E-state index contributed by atoms with van der Waals surface area (Å²) >= 11 is 0. The number of aromatic amines is 1. The van der Waals surface area contributed by atoms with Crippen LogP contribution in [0.2, 0.25) is 0 Å². The minimum atomic E-state index is -0.560. The van der Waals surface area contributed by atoms with Crippen LogP contribution in [0, 0.1) is 25.2 Å². The number of rotatable bonds is 2. The maximum atomic E-state index is 11.1. The van der Waals surface area contributed by atoms with Crippen LogP contribution < -0.4 is 5.32 Å². The van der Waals surface area contributed by atoms with Crippen LogP contribution in [-0.4, -0.2) is 17.7 Å². The monoisotopic (exact) mass is 207 g/mol. The fourth-order valence-corrected chi connectivity index (χ4v) is 1.22. The molecule has 1 amide bonds. The molecule has 0 aliphatic rings. The third-order valence-corrected chi connectivity index (χ3v) is 2.11. The largest absolute Gasteiger partial charge is 0.450 e. The van der Waals surface area contributed by atoms with E-state index in [1.165, 1.54) is 0 Å². The maximum absolute atomic E-state index is 11.1. The van der Waals surface area contributed by atoms with Gasteiger partial charge < -0.3 is 9.72 Å². The second-order valence-corrected chi connectivity index (χ2v) is 3.08. The van der Waals surface area contributed by atoms with Crippen molar-refractivity contribution in [3.05, 3.63) is 16.8 Å². The van der Waals surface area contributed by atoms with Gasteiger partial charge in [-0.3, -0.25) is 5.32 Å². The first-order chi connectivity index (χ1) is 7.10. The van der Waals surface area contributed by atoms with Crippen molar-refractivity contribution in [2.75, 3.05) is 11.9 Å². The third kappa shape index (κ3) is 2.29. The van der Waals surface area contributed by atoms with Gasteiger partial charge in [-0.25, -0.2) is 4.79 Å². The van der Waals surface area contributed by atoms with Gasteiger partial charge >= 0.3 is 6.09 Å². The molecule has 5 heteroatoms. The van der Waals surface area contributed by atoms with E-state index in [-0.39, 0.29) is 0 Å². The molecule has 1 rings (SSSR count). The Morgan fingerprint density at radius 2 is 2.27 bits per heavy atom. The summed E-state index contributed by atoms with van der Waals surface area (Å²) in [6, 6.07) is 2.03. The fourth-order valence-electron chi connectivity index (χ4n) is 1.22. The lowest BCUT2D eigenvalue weighted by Gasteiger charge is -2.02. The zero-order chi connectivity index (χ0) is 11.4. The number of hydrogen-bond acceptors (Lipinski definition) is 3. The van der Waals surface area contributed by atoms with E-state index in [2.05, 4.69) is 10.3 Å². The number of aryl methyl sites for hydroxylation is 1. The molecule has 0 unspecified atom stereocenters. The molecule has 0 aliphatic carbocycles. The average Bonchev–Trinajstić information content (AvgIpc) is 2.42. The van der Waals surface area contributed by atoms with E-state index in [0.29, 0.717) is 18.0 Å². The molecule has 0 saturated carbocycles. The Balaban J connectivity index is 2.91. The van der Waals surface area contributed by atoms with Gasteiger partial charge in [0.05, 0.1) is 12.2 Å². The quantitative estimate of drug-likeness (QED) is 0.779. The lowest BCUT2D eigenvalue weighted by atomic mass is 10.2. The molecule has 0 fully saturated rings. The van der Waals surface area contributed by atoms with E-state index < -0.39 is 6.09 Å². The molecule has 80 valence electrons. The molecule has 1 heterocycles. The van der Waals surface area contributed by atoms with Crippen LogP contribution in [0.4, 0.5) is 10.6 Å². The van der Waals surface area contributed by atoms with Gasteiger partial charge in [-0.15, -0.1) is 0 Å². The summed E-state index contributed by atoms with van der Waals surface area (Å²) in [6.45, 7) is 5.68. The van der Waals surface area contributed by atoms with Crippen molar-refractivity contribution in [3.8, 4) is 6.07 Å². The molecule has 0 aliphatic heterocycles. The van der Waals surface area contributed by atoms with Crippen molar-refractivity contribution in [1.29, 1.82) is 5.26 Å². The highest BCUT2D eigenvalue weighted by Crippen LogP contribution is 2.21. The highest BCUT2D eigenvalue weighted by molar-refractivity contribution is 5.85. The summed E-state index contributed by atoms with van der Waals surface area (Å²) in [6.07, 6.45) is -0.560. The summed E-state index contributed by atoms with van der Waals surface area (Å²) in [4.78, 5) is 14.1. The second-order valence-electron chi connectivity index (χ2n) is 3.08. The number of carbonyl (C=O) groups is 1. The number of nitriles is 1. The molecular formula is C10H13N3O2. The molecule has 2 N–H and O–H groups in total. The first-order valence-electron chi connectivity index (χ1n) is 4.63. The number of anilines is 1. The number of nitrogens with one attached hydrogen (secondary N) is 2. The van der Waals surface area contributed by atoms with Gasteiger partial charge in [0.25, 0.3) is 0 Å². The lowest BCUT2D eigenvalue weighted by Crippen LogP contribution is -2.14. The summed E-state index contributed by atoms with van der Waals surface area (Å²) in [5.41, 5.74) is 2.14. The van der Waals surface area contributed by atoms with Gasteiger partial charge in [0.1, 0.15) is 11.9 Å². The fraction of sp³-hybridized carbons (Fsp3) is 0.400. The predicted octanol–water partition coefficient (Wildman–Crippen LogP) is 2.07. The SMILES string of the molecule is CCOC(=O)Nc1[nH]c(C)c(C)c1C#N. The number of H-pyrrole nitrogens is 1. The second kappa shape index (κ2) is 4.51. The Hall–Kier alpha value is -1.96. The van der Waals surface area contributed by atoms with Gasteiger partial charge in [-0.05, 0) is 26.3 Å². The van der Waals surface area contributed by atoms with Crippen LogP contribution >= 0.6 is 0 Å². The predicted molar refractivity (Wildman–Crippen MR) is 55.6 cm³/mol. The summed E-state index contributed by atoms with van der Waals surface area (Å²) < 4.78 is 4.71. The van der Waals surface area contributed by atoms with E-state index in [9.17, 15) is 4.79 Å². The highest BCUT2D eigenvalue weighted by Gasteiger charge is 2.13. The van der Waals surface area contributed by atoms with Gasteiger partial charge in [-0.1, -0.05) is 0 Å². The summed E-state index contributed by atoms with van der Waals surface area (Å²) in [5, 5.41) is 11.4. The van der Waals surface area contributed by atoms with Crippen molar-refractivity contribution in [1.82, 2.24) is 4.98 Å². The standard InChI is InChI=1S/C10H13N3O2/c1-4-15-10(14)13-9-8(5-11)6(2)7(3)12-9/h12H,4H2,1-3H3,(H,13,14). The van der Waals surface area contributed by atoms with Gasteiger partial charge in [-0.2, -0.15) is 5.26 Å². The first-order valence-corrected chi connectivity index (χ1v) is 4.63. The number of ether oxygens (including phenoxy) is 1. The molecule has 15 heavy (non-hydrogen) atoms. The van der Waals surface area contributed by atoms with E-state index in [1.54, 1.807) is 6.92 Å². The molecule has 0 radical (unpaired) electrons. The molecule has 0 atom stereocenters. The average molecular weight is 207 g/mol. The topological polar surface area (TPSA) is 77.9 Å². The highest BCUT2D eigenvalue weighted by atomic mass is 16.5. The molecule has 0 saturated heterocycles. The number of aromatic nitrogens is 1. The van der Waals surface area contributed by atoms with Gasteiger partial charge in [0.15, 0.2) is 0 Å². The number of amides is 1. The van der Waals surface area contributed by atoms with Crippen molar-refractivity contribution in [3.63, 3.8) is 0 Å². The minimum absolute atomic E-state index is 0.298. The molecular weight excluding hydrogens is 194 g/mol. The van der Waals surface area contributed by atoms with Crippen molar-refractivity contribution in [2.45, 2.75) is 20.8 Å². The molecule has 5 nitrogen and oxygen atoms in total. The van der Waals surface area contributed by atoms with Crippen LogP contribution in [0.25, 0.3) is 0 Å². The molecule has 1 aromatic rings. The molecule has 0 aromatic carbocycles. The van der Waals surface area contributed by atoms with Crippen LogP contribution in [0.1, 0.15) is 23.7 Å². The van der Waals surface area contributed by atoms with E-state index in [4.69, 9.17) is 10.00 Å². The van der Waals surface area contributed by atoms with E-state index >= 15 is 0 Å². The van der Waals surface area contributed by atoms with Gasteiger partial charge in [0.2, 0.25) is 0 Å². The Morgan fingerprint density at radius 3 is 2.80 bits per heavy atom. The van der Waals surface area contributed by atoms with Crippen LogP contribution in [0.3, 0.4) is 0 Å². The summed E-state index contributed by atoms with van der Waals surface area (Å²) in [5.74, 6) is 0.394. The smallest absolute Gasteiger partial charge is 0.412 e. The zero-order valence-corrected chi connectivity index (χ0v) is 8.97. The molecule has 1 aromatic heterocycles. The summed E-state index contributed by atoms with van der Waals surface area (Å²) in [7, 11) is 0. The van der Waals surface area contributed by atoms with Crippen molar-refractivity contribution in [2.24, 2.45) is 0 Å². The molecule has 0 spiro atoms. The van der Waals surface area contributed by atoms with Crippen LogP contribution in [-0.2, 0) is 4.74 Å². The Bertz CT molecular complexity index is 415. The zero-order valence-electron chi connectivity index (χ0n) is 8.97. The van der Waals surface area contributed by atoms with Gasteiger partial charge in [0, 0.05) is 5.69 Å². The first kappa shape index (κ1) is 11.1. The van der Waals surface area contributed by atoms with Crippen molar-refractivity contribution >= 4 is 11.9 Å². The lowest BCUT2D eigenvalue weighted by molar-refractivity contribution is 0.168. The Kier molecular flexibility index (Phi) is 3.34. The number of carbonyl (C=O) groups excluding carboxylic acids is 1. The Labute approximate surface area is 88.0 Å². The van der Waals surface area contributed by atoms with E-state index in [1.807, 2.05) is 19.9 Å². The Morgan fingerprint density at radius 1 is 1.60 bits per heavy atom. The van der Waals surface area contributed by atoms with Crippen LogP contribution in [0.15, 0.2) is 0 Å².